The maximum Gasteiger partial charge on any atom is 0.251 e. The molecule has 0 aliphatic heterocycles. The number of hydrogen-bond acceptors (Lipinski definition) is 2. The van der Waals surface area contributed by atoms with Crippen molar-refractivity contribution in [2.45, 2.75) is 25.1 Å². The number of carbonyl (C=O) groups excluding carboxylic acids is 1. The Kier molecular flexibility index (Phi) is 5.59. The van der Waals surface area contributed by atoms with E-state index in [1.165, 1.54) is 10.6 Å². The summed E-state index contributed by atoms with van der Waals surface area (Å²) >= 11 is 3.53. The summed E-state index contributed by atoms with van der Waals surface area (Å²) in [6.07, 6.45) is 2.59. The predicted octanol–water partition coefficient (Wildman–Crippen LogP) is 1.92. The lowest BCUT2D eigenvalue weighted by Gasteiger charge is -2.13. The third-order valence-corrected chi connectivity index (χ3v) is 3.28. The zero-order valence-corrected chi connectivity index (χ0v) is 12.5. The summed E-state index contributed by atoms with van der Waals surface area (Å²) in [7, 11) is 1.65. The normalized spacial score (nSPS) is 12.5. The van der Waals surface area contributed by atoms with Gasteiger partial charge in [-0.2, -0.15) is 0 Å². The fourth-order valence-electron chi connectivity index (χ4n) is 1.59. The molecule has 0 aliphatic carbocycles. The van der Waals surface area contributed by atoms with E-state index in [1.54, 1.807) is 19.3 Å². The average Bonchev–Trinajstić information content (AvgIpc) is 2.28. The zero-order chi connectivity index (χ0) is 13.7. The zero-order valence-electron chi connectivity index (χ0n) is 10.9. The van der Waals surface area contributed by atoms with Crippen LogP contribution >= 0.6 is 15.9 Å². The van der Waals surface area contributed by atoms with Gasteiger partial charge in [-0.1, -0.05) is 29.8 Å². The van der Waals surface area contributed by atoms with Crippen LogP contribution in [0.1, 0.15) is 30.6 Å². The van der Waals surface area contributed by atoms with Crippen molar-refractivity contribution in [2.75, 3.05) is 6.54 Å². The van der Waals surface area contributed by atoms with Crippen LogP contribution in [0.2, 0.25) is 0 Å². The highest BCUT2D eigenvalue weighted by Gasteiger charge is 2.10. The Morgan fingerprint density at radius 3 is 2.72 bits per heavy atom. The molecule has 4 nitrogen and oxygen atoms in total. The van der Waals surface area contributed by atoms with E-state index >= 15 is 0 Å². The van der Waals surface area contributed by atoms with Crippen LogP contribution in [0.25, 0.3) is 0 Å². The minimum absolute atomic E-state index is 0.180. The van der Waals surface area contributed by atoms with E-state index in [0.29, 0.717) is 18.0 Å². The summed E-state index contributed by atoms with van der Waals surface area (Å²) in [5, 5.41) is 2.82. The van der Waals surface area contributed by atoms with Gasteiger partial charge in [0, 0.05) is 36.2 Å². The molecule has 0 fully saturated rings. The van der Waals surface area contributed by atoms with Crippen molar-refractivity contribution in [1.29, 1.82) is 0 Å². The fourth-order valence-corrected chi connectivity index (χ4v) is 2.50. The number of nitrogens with one attached hydrogen (secondary N) is 1. The molecule has 0 aliphatic rings. The van der Waals surface area contributed by atoms with E-state index < -0.39 is 0 Å². The van der Waals surface area contributed by atoms with Gasteiger partial charge < -0.3 is 9.88 Å². The second kappa shape index (κ2) is 6.73. The third-order valence-electron chi connectivity index (χ3n) is 2.58. The van der Waals surface area contributed by atoms with E-state index in [2.05, 4.69) is 35.1 Å². The van der Waals surface area contributed by atoms with Crippen LogP contribution < -0.4 is 10.9 Å². The number of carbonyl (C=O) groups is 1. The van der Waals surface area contributed by atoms with Crippen LogP contribution in [-0.2, 0) is 7.05 Å². The van der Waals surface area contributed by atoms with Crippen LogP contribution in [0.5, 0.6) is 0 Å². The quantitative estimate of drug-likeness (QED) is 0.844. The molecule has 0 bridgehead atoms. The molecule has 0 saturated heterocycles. The molecule has 1 atom stereocenters. The van der Waals surface area contributed by atoms with Crippen LogP contribution in [0.4, 0.5) is 0 Å². The van der Waals surface area contributed by atoms with Gasteiger partial charge in [-0.25, -0.2) is 0 Å². The van der Waals surface area contributed by atoms with Gasteiger partial charge in [0.2, 0.25) is 0 Å². The molecule has 0 aromatic carbocycles. The molecule has 5 heteroatoms. The average molecular weight is 315 g/mol. The molecule has 1 amide bonds. The highest BCUT2D eigenvalue weighted by atomic mass is 79.9. The number of pyridine rings is 1. The smallest absolute Gasteiger partial charge is 0.251 e. The SMILES string of the molecule is CC(C)CC(Br)CNC(=O)c1ccn(C)c(=O)c1. The molecule has 1 unspecified atom stereocenters. The second-order valence-corrected chi connectivity index (χ2v) is 6.10. The van der Waals surface area contributed by atoms with Crippen LogP contribution in [0.3, 0.4) is 0 Å². The van der Waals surface area contributed by atoms with Crippen LogP contribution in [0, 0.1) is 5.92 Å². The van der Waals surface area contributed by atoms with Gasteiger partial charge in [-0.05, 0) is 18.4 Å². The molecular formula is C13H19BrN2O2. The highest BCUT2D eigenvalue weighted by molar-refractivity contribution is 9.09. The number of aryl methyl sites for hydroxylation is 1. The lowest BCUT2D eigenvalue weighted by Crippen LogP contribution is -2.31. The number of hydrogen-bond donors (Lipinski definition) is 1. The Bertz CT molecular complexity index is 468. The maximum absolute atomic E-state index is 11.8. The van der Waals surface area contributed by atoms with Crippen LogP contribution in [-0.4, -0.2) is 21.8 Å². The van der Waals surface area contributed by atoms with E-state index in [4.69, 9.17) is 0 Å². The van der Waals surface area contributed by atoms with E-state index in [-0.39, 0.29) is 16.3 Å². The lowest BCUT2D eigenvalue weighted by molar-refractivity contribution is 0.0953. The van der Waals surface area contributed by atoms with Crippen LogP contribution in [0.15, 0.2) is 23.1 Å². The number of halogens is 1. The Morgan fingerprint density at radius 1 is 1.50 bits per heavy atom. The highest BCUT2D eigenvalue weighted by Crippen LogP contribution is 2.11. The van der Waals surface area contributed by atoms with E-state index in [9.17, 15) is 9.59 Å². The molecular weight excluding hydrogens is 296 g/mol. The lowest BCUT2D eigenvalue weighted by atomic mass is 10.1. The summed E-state index contributed by atoms with van der Waals surface area (Å²) in [6.45, 7) is 4.83. The topological polar surface area (TPSA) is 51.1 Å². The molecule has 0 radical (unpaired) electrons. The molecule has 0 spiro atoms. The molecule has 1 aromatic rings. The first kappa shape index (κ1) is 15.0. The van der Waals surface area contributed by atoms with Gasteiger partial charge in [0.25, 0.3) is 11.5 Å². The Hall–Kier alpha value is -1.10. The third kappa shape index (κ3) is 4.64. The summed E-state index contributed by atoms with van der Waals surface area (Å²) in [5.41, 5.74) is 0.225. The first-order valence-corrected chi connectivity index (χ1v) is 6.90. The minimum Gasteiger partial charge on any atom is -0.351 e. The maximum atomic E-state index is 11.8. The van der Waals surface area contributed by atoms with Crippen molar-refractivity contribution in [3.8, 4) is 0 Å². The summed E-state index contributed by atoms with van der Waals surface area (Å²) in [6, 6.07) is 2.99. The molecule has 1 aromatic heterocycles. The van der Waals surface area contributed by atoms with Gasteiger partial charge in [0.05, 0.1) is 0 Å². The first-order valence-electron chi connectivity index (χ1n) is 5.99. The number of nitrogens with zero attached hydrogens (tertiary/aromatic N) is 1. The summed E-state index contributed by atoms with van der Waals surface area (Å²) in [5.74, 6) is 0.371. The van der Waals surface area contributed by atoms with Gasteiger partial charge in [-0.3, -0.25) is 9.59 Å². The molecule has 1 heterocycles. The molecule has 18 heavy (non-hydrogen) atoms. The van der Waals surface area contributed by atoms with Crippen molar-refractivity contribution in [3.63, 3.8) is 0 Å². The van der Waals surface area contributed by atoms with Crippen molar-refractivity contribution in [1.82, 2.24) is 9.88 Å². The first-order chi connectivity index (χ1) is 8.40. The molecule has 100 valence electrons. The van der Waals surface area contributed by atoms with E-state index in [1.807, 2.05) is 0 Å². The predicted molar refractivity (Wildman–Crippen MR) is 76.2 cm³/mol. The number of amides is 1. The molecule has 1 rings (SSSR count). The van der Waals surface area contributed by atoms with Gasteiger partial charge in [0.15, 0.2) is 0 Å². The molecule has 1 N–H and O–H groups in total. The van der Waals surface area contributed by atoms with Crippen molar-refractivity contribution in [3.05, 3.63) is 34.2 Å². The largest absolute Gasteiger partial charge is 0.351 e. The fraction of sp³-hybridized carbons (Fsp3) is 0.538. The van der Waals surface area contributed by atoms with Gasteiger partial charge in [-0.15, -0.1) is 0 Å². The number of aromatic nitrogens is 1. The monoisotopic (exact) mass is 314 g/mol. The standard InChI is InChI=1S/C13H19BrN2O2/c1-9(2)6-11(14)8-15-13(18)10-4-5-16(3)12(17)7-10/h4-5,7,9,11H,6,8H2,1-3H3,(H,15,18). The summed E-state index contributed by atoms with van der Waals surface area (Å²) in [4.78, 5) is 23.5. The van der Waals surface area contributed by atoms with Crippen molar-refractivity contribution < 1.29 is 4.79 Å². The van der Waals surface area contributed by atoms with Crippen molar-refractivity contribution in [2.24, 2.45) is 13.0 Å². The minimum atomic E-state index is -0.207. The number of alkyl halides is 1. The van der Waals surface area contributed by atoms with Gasteiger partial charge >= 0.3 is 0 Å². The Labute approximate surface area is 116 Å². The Morgan fingerprint density at radius 2 is 2.17 bits per heavy atom. The molecule has 0 saturated carbocycles. The van der Waals surface area contributed by atoms with Gasteiger partial charge in [0.1, 0.15) is 0 Å². The Balaban J connectivity index is 2.55. The second-order valence-electron chi connectivity index (χ2n) is 4.80. The summed E-state index contributed by atoms with van der Waals surface area (Å²) < 4.78 is 1.43. The van der Waals surface area contributed by atoms with E-state index in [0.717, 1.165) is 6.42 Å². The van der Waals surface area contributed by atoms with Crippen molar-refractivity contribution >= 4 is 21.8 Å². The number of rotatable bonds is 5.